The van der Waals surface area contributed by atoms with Crippen LogP contribution < -0.4 is 0 Å². The van der Waals surface area contributed by atoms with Crippen molar-refractivity contribution in [2.75, 3.05) is 0 Å². The van der Waals surface area contributed by atoms with E-state index in [9.17, 15) is 0 Å². The van der Waals surface area contributed by atoms with Crippen molar-refractivity contribution < 1.29 is 19.5 Å². The standard InChI is InChI=1S/4CN.Pb.Zn/c4*1-2;;/q4*-1;2*+2. The molecular weight excluding hydrogens is 377 g/mol. The third-order valence-electron chi connectivity index (χ3n) is 0. The predicted octanol–water partition coefficient (Wildman–Crippen LogP) is 0.00218. The predicted molar refractivity (Wildman–Crippen MR) is 25.6 cm³/mol. The van der Waals surface area contributed by atoms with Gasteiger partial charge >= 0.3 is 46.8 Å². The Balaban J connectivity index is -0.00000000500. The van der Waals surface area contributed by atoms with Crippen molar-refractivity contribution in [2.24, 2.45) is 0 Å². The van der Waals surface area contributed by atoms with Crippen LogP contribution in [0.3, 0.4) is 0 Å². The molecule has 0 amide bonds. The zero-order valence-corrected chi connectivity index (χ0v) is 11.9. The molecule has 0 saturated heterocycles. The van der Waals surface area contributed by atoms with E-state index in [0.29, 0.717) is 0 Å². The average molecular weight is 377 g/mol. The third kappa shape index (κ3) is 1300. The monoisotopic (exact) mass is 376 g/mol. The summed E-state index contributed by atoms with van der Waals surface area (Å²) in [7, 11) is 0. The molecule has 0 fully saturated rings. The Labute approximate surface area is 93.6 Å². The Kier molecular flexibility index (Phi) is 11000. The maximum absolute atomic E-state index is 6.25. The summed E-state index contributed by atoms with van der Waals surface area (Å²) < 4.78 is 0. The van der Waals surface area contributed by atoms with Crippen molar-refractivity contribution in [1.29, 1.82) is 21.0 Å². The van der Waals surface area contributed by atoms with Gasteiger partial charge in [-0.15, -0.1) is 0 Å². The van der Waals surface area contributed by atoms with E-state index in [1.54, 1.807) is 0 Å². The van der Waals surface area contributed by atoms with Gasteiger partial charge in [0, 0.05) is 0 Å². The molecule has 0 bridgehead atoms. The molecule has 6 heteroatoms. The van der Waals surface area contributed by atoms with E-state index in [0.717, 1.165) is 0 Å². The van der Waals surface area contributed by atoms with Crippen LogP contribution in [0.15, 0.2) is 0 Å². The maximum atomic E-state index is 6.25. The summed E-state index contributed by atoms with van der Waals surface area (Å²) in [6.07, 6.45) is 0. The van der Waals surface area contributed by atoms with Gasteiger partial charge in [-0.2, -0.15) is 0 Å². The van der Waals surface area contributed by atoms with Crippen LogP contribution in [-0.4, -0.2) is 27.3 Å². The van der Waals surface area contributed by atoms with Crippen LogP contribution >= 0.6 is 0 Å². The molecule has 0 heterocycles. The first-order valence-corrected chi connectivity index (χ1v) is 0.894. The van der Waals surface area contributed by atoms with E-state index in [4.69, 9.17) is 47.3 Å². The van der Waals surface area contributed by atoms with Crippen LogP contribution in [0.2, 0.25) is 0 Å². The van der Waals surface area contributed by atoms with Gasteiger partial charge in [0.05, 0.1) is 0 Å². The fourth-order valence-electron chi connectivity index (χ4n) is 0. The molecular formula is C4N4PbZn. The van der Waals surface area contributed by atoms with Crippen LogP contribution in [0.25, 0.3) is 0 Å². The van der Waals surface area contributed by atoms with Gasteiger partial charge in [-0.1, -0.05) is 0 Å². The normalized spacial score (nSPS) is 0.800. The minimum atomic E-state index is 0. The van der Waals surface area contributed by atoms with Gasteiger partial charge in [-0.3, -0.25) is 0 Å². The van der Waals surface area contributed by atoms with Gasteiger partial charge in [0.15, 0.2) is 0 Å². The van der Waals surface area contributed by atoms with Gasteiger partial charge in [-0.25, -0.2) is 0 Å². The van der Waals surface area contributed by atoms with Crippen LogP contribution in [0.1, 0.15) is 0 Å². The van der Waals surface area contributed by atoms with Crippen molar-refractivity contribution in [3.05, 3.63) is 26.3 Å². The molecule has 0 rings (SSSR count). The summed E-state index contributed by atoms with van der Waals surface area (Å²) in [6.45, 7) is 19.0. The Morgan fingerprint density at radius 2 is 0.500 bits per heavy atom. The van der Waals surface area contributed by atoms with Crippen LogP contribution in [0, 0.1) is 47.3 Å². The summed E-state index contributed by atoms with van der Waals surface area (Å²) in [6, 6.07) is 0. The van der Waals surface area contributed by atoms with Gasteiger partial charge in [-0.05, 0) is 0 Å². The fraction of sp³-hybridized carbons (Fsp3) is 0. The Hall–Kier alpha value is -0.495. The molecule has 2 radical (unpaired) electrons. The molecule has 0 N–H and O–H groups in total. The molecule has 0 aliphatic heterocycles. The van der Waals surface area contributed by atoms with Crippen LogP contribution in [-0.2, 0) is 19.5 Å². The first kappa shape index (κ1) is 56.0. The van der Waals surface area contributed by atoms with Gasteiger partial charge in [0.2, 0.25) is 0 Å². The minimum Gasteiger partial charge on any atom is -0.512 e. The second-order valence-electron chi connectivity index (χ2n) is 0. The SMILES string of the molecule is [C-]#N.[C-]#N.[C-]#N.[C-]#N.[Pb+2].[Zn+2]. The fourth-order valence-corrected chi connectivity index (χ4v) is 0. The van der Waals surface area contributed by atoms with E-state index in [1.807, 2.05) is 0 Å². The average Bonchev–Trinajstić information content (AvgIpc) is 2.03. The molecule has 0 aliphatic carbocycles. The Morgan fingerprint density at radius 1 is 0.500 bits per heavy atom. The van der Waals surface area contributed by atoms with Crippen molar-refractivity contribution in [3.8, 4) is 0 Å². The number of rotatable bonds is 0. The molecule has 0 spiro atoms. The largest absolute Gasteiger partial charge is 2.00 e. The van der Waals surface area contributed by atoms with Crippen molar-refractivity contribution in [2.45, 2.75) is 0 Å². The van der Waals surface area contributed by atoms with Gasteiger partial charge < -0.3 is 47.3 Å². The van der Waals surface area contributed by atoms with Crippen molar-refractivity contribution in [3.63, 3.8) is 0 Å². The van der Waals surface area contributed by atoms with Crippen molar-refractivity contribution >= 4 is 27.3 Å². The van der Waals surface area contributed by atoms with E-state index in [1.165, 1.54) is 0 Å². The van der Waals surface area contributed by atoms with E-state index < -0.39 is 0 Å². The van der Waals surface area contributed by atoms with Crippen LogP contribution in [0.4, 0.5) is 0 Å². The minimum absolute atomic E-state index is 0. The second-order valence-corrected chi connectivity index (χ2v) is 0. The smallest absolute Gasteiger partial charge is 0.512 e. The molecule has 0 aromatic carbocycles. The summed E-state index contributed by atoms with van der Waals surface area (Å²) in [5, 5.41) is 25.0. The maximum Gasteiger partial charge on any atom is 2.00 e. The molecule has 0 saturated carbocycles. The molecule has 0 atom stereocenters. The van der Waals surface area contributed by atoms with E-state index in [-0.39, 0.29) is 46.8 Å². The summed E-state index contributed by atoms with van der Waals surface area (Å²) >= 11 is 0. The zero-order chi connectivity index (χ0) is 8.00. The first-order valence-electron chi connectivity index (χ1n) is 0.894. The second kappa shape index (κ2) is 1960. The molecule has 0 unspecified atom stereocenters. The molecule has 10 heavy (non-hydrogen) atoms. The summed E-state index contributed by atoms with van der Waals surface area (Å²) in [5.74, 6) is 0. The van der Waals surface area contributed by atoms with Gasteiger partial charge in [0.1, 0.15) is 0 Å². The van der Waals surface area contributed by atoms with E-state index in [2.05, 4.69) is 0 Å². The van der Waals surface area contributed by atoms with E-state index >= 15 is 0 Å². The topological polar surface area (TPSA) is 95.2 Å². The van der Waals surface area contributed by atoms with Crippen LogP contribution in [0.5, 0.6) is 0 Å². The molecule has 0 aliphatic rings. The quantitative estimate of drug-likeness (QED) is 0.439. The van der Waals surface area contributed by atoms with Gasteiger partial charge in [0.25, 0.3) is 0 Å². The summed E-state index contributed by atoms with van der Waals surface area (Å²) in [4.78, 5) is 0. The molecule has 4 nitrogen and oxygen atoms in total. The Morgan fingerprint density at radius 3 is 0.500 bits per heavy atom. The number of hydrogen-bond acceptors (Lipinski definition) is 4. The zero-order valence-electron chi connectivity index (χ0n) is 5.00. The Bertz CT molecular complexity index is 60.2. The molecule has 0 aromatic heterocycles. The number of hydrogen-bond donors (Lipinski definition) is 0. The van der Waals surface area contributed by atoms with Crippen molar-refractivity contribution in [1.82, 2.24) is 0 Å². The number of nitrogens with zero attached hydrogens (tertiary/aromatic N) is 4. The first-order chi connectivity index (χ1) is 4.00. The molecule has 42 valence electrons. The third-order valence-corrected chi connectivity index (χ3v) is 0. The molecule has 0 aromatic rings. The summed E-state index contributed by atoms with van der Waals surface area (Å²) in [5.41, 5.74) is 0.